The van der Waals surface area contributed by atoms with Gasteiger partial charge >= 0.3 is 0 Å². The van der Waals surface area contributed by atoms with Gasteiger partial charge in [-0.25, -0.2) is 0 Å². The van der Waals surface area contributed by atoms with Crippen LogP contribution in [-0.2, 0) is 9.59 Å². The van der Waals surface area contributed by atoms with Gasteiger partial charge < -0.3 is 15.0 Å². The van der Waals surface area contributed by atoms with Gasteiger partial charge in [-0.1, -0.05) is 31.9 Å². The van der Waals surface area contributed by atoms with Gasteiger partial charge in [0.2, 0.25) is 5.91 Å². The Balaban J connectivity index is 1.65. The summed E-state index contributed by atoms with van der Waals surface area (Å²) < 4.78 is 5.81. The lowest BCUT2D eigenvalue weighted by molar-refractivity contribution is -0.132. The largest absolute Gasteiger partial charge is 0.476 e. The van der Waals surface area contributed by atoms with Crippen LogP contribution in [0.5, 0.6) is 5.75 Å². The first-order valence-corrected chi connectivity index (χ1v) is 9.28. The van der Waals surface area contributed by atoms with Gasteiger partial charge in [0, 0.05) is 19.0 Å². The number of nitrogens with one attached hydrogen (secondary N) is 1. The normalized spacial score (nSPS) is 25.1. The molecule has 136 valence electrons. The summed E-state index contributed by atoms with van der Waals surface area (Å²) in [5, 5.41) is 3.16. The summed E-state index contributed by atoms with van der Waals surface area (Å²) in [7, 11) is 0. The van der Waals surface area contributed by atoms with E-state index in [1.54, 1.807) is 18.7 Å². The average molecular weight is 344 g/mol. The van der Waals surface area contributed by atoms with Gasteiger partial charge in [-0.3, -0.25) is 9.59 Å². The van der Waals surface area contributed by atoms with E-state index in [0.29, 0.717) is 24.6 Å². The molecule has 0 bridgehead atoms. The second kappa shape index (κ2) is 7.06. The predicted octanol–water partition coefficient (Wildman–Crippen LogP) is 3.28. The van der Waals surface area contributed by atoms with Crippen LogP contribution in [0, 0.1) is 5.92 Å². The summed E-state index contributed by atoms with van der Waals surface area (Å²) in [4.78, 5) is 26.8. The molecule has 1 aliphatic heterocycles. The number of rotatable bonds is 4. The van der Waals surface area contributed by atoms with Crippen molar-refractivity contribution in [2.75, 3.05) is 11.4 Å². The number of carbonyl (C=O) groups excluding carboxylic acids is 2. The van der Waals surface area contributed by atoms with Gasteiger partial charge in [-0.15, -0.1) is 0 Å². The standard InChI is InChI=1S/C20H28N2O3/c1-14-8-4-5-9-15(14)21-18(23)12-13-22-16-10-6-7-11-17(16)25-20(2,3)19(22)24/h6-7,10-11,14-15H,4-5,8-9,12-13H2,1-3H3,(H,21,23). The fourth-order valence-corrected chi connectivity index (χ4v) is 3.76. The smallest absolute Gasteiger partial charge is 0.270 e. The van der Waals surface area contributed by atoms with Gasteiger partial charge in [-0.2, -0.15) is 0 Å². The van der Waals surface area contributed by atoms with Crippen LogP contribution in [-0.4, -0.2) is 30.0 Å². The molecule has 25 heavy (non-hydrogen) atoms. The van der Waals surface area contributed by atoms with Crippen LogP contribution in [0.3, 0.4) is 0 Å². The van der Waals surface area contributed by atoms with Crippen LogP contribution in [0.4, 0.5) is 5.69 Å². The van der Waals surface area contributed by atoms with Crippen molar-refractivity contribution >= 4 is 17.5 Å². The van der Waals surface area contributed by atoms with Crippen molar-refractivity contribution in [1.82, 2.24) is 5.32 Å². The maximum absolute atomic E-state index is 12.7. The molecule has 2 aliphatic rings. The lowest BCUT2D eigenvalue weighted by Gasteiger charge is -2.38. The second-order valence-electron chi connectivity index (χ2n) is 7.72. The first-order valence-electron chi connectivity index (χ1n) is 9.28. The molecule has 1 heterocycles. The quantitative estimate of drug-likeness (QED) is 0.912. The fourth-order valence-electron chi connectivity index (χ4n) is 3.76. The van der Waals surface area contributed by atoms with Crippen molar-refractivity contribution in [3.63, 3.8) is 0 Å². The Kier molecular flexibility index (Phi) is 5.02. The van der Waals surface area contributed by atoms with E-state index in [1.165, 1.54) is 19.3 Å². The maximum atomic E-state index is 12.7. The number of para-hydroxylation sites is 2. The number of ether oxygens (including phenoxy) is 1. The molecule has 1 aromatic rings. The summed E-state index contributed by atoms with van der Waals surface area (Å²) in [6.07, 6.45) is 4.97. The number of amides is 2. The highest BCUT2D eigenvalue weighted by Crippen LogP contribution is 2.37. The number of anilines is 1. The summed E-state index contributed by atoms with van der Waals surface area (Å²) >= 11 is 0. The highest BCUT2D eigenvalue weighted by atomic mass is 16.5. The molecule has 5 nitrogen and oxygen atoms in total. The van der Waals surface area contributed by atoms with Gasteiger partial charge in [0.05, 0.1) is 5.69 Å². The van der Waals surface area contributed by atoms with E-state index in [1.807, 2.05) is 24.3 Å². The van der Waals surface area contributed by atoms with Gasteiger partial charge in [0.25, 0.3) is 5.91 Å². The Labute approximate surface area is 149 Å². The van der Waals surface area contributed by atoms with E-state index in [4.69, 9.17) is 4.74 Å². The van der Waals surface area contributed by atoms with Crippen molar-refractivity contribution in [3.05, 3.63) is 24.3 Å². The van der Waals surface area contributed by atoms with Crippen molar-refractivity contribution in [2.24, 2.45) is 5.92 Å². The van der Waals surface area contributed by atoms with Gasteiger partial charge in [0.15, 0.2) is 5.60 Å². The second-order valence-corrected chi connectivity index (χ2v) is 7.72. The van der Waals surface area contributed by atoms with E-state index < -0.39 is 5.60 Å². The highest BCUT2D eigenvalue weighted by molar-refractivity contribution is 6.02. The van der Waals surface area contributed by atoms with E-state index in [-0.39, 0.29) is 17.9 Å². The predicted molar refractivity (Wildman–Crippen MR) is 97.7 cm³/mol. The molecule has 1 aromatic carbocycles. The van der Waals surface area contributed by atoms with Crippen molar-refractivity contribution in [3.8, 4) is 5.75 Å². The molecule has 0 saturated heterocycles. The third-order valence-electron chi connectivity index (χ3n) is 5.30. The highest BCUT2D eigenvalue weighted by Gasteiger charge is 2.40. The van der Waals surface area contributed by atoms with Crippen molar-refractivity contribution in [2.45, 2.75) is 64.5 Å². The van der Waals surface area contributed by atoms with Crippen LogP contribution in [0.15, 0.2) is 24.3 Å². The molecule has 0 radical (unpaired) electrons. The summed E-state index contributed by atoms with van der Waals surface area (Å²) in [5.74, 6) is 1.13. The van der Waals surface area contributed by atoms with Crippen LogP contribution in [0.25, 0.3) is 0 Å². The number of benzene rings is 1. The minimum atomic E-state index is -0.914. The van der Waals surface area contributed by atoms with E-state index in [9.17, 15) is 9.59 Å². The zero-order valence-electron chi connectivity index (χ0n) is 15.4. The molecule has 2 amide bonds. The van der Waals surface area contributed by atoms with Crippen LogP contribution in [0.2, 0.25) is 0 Å². The zero-order valence-corrected chi connectivity index (χ0v) is 15.4. The third kappa shape index (κ3) is 3.80. The first kappa shape index (κ1) is 17.8. The number of nitrogens with zero attached hydrogens (tertiary/aromatic N) is 1. The topological polar surface area (TPSA) is 58.6 Å². The zero-order chi connectivity index (χ0) is 18.0. The Morgan fingerprint density at radius 1 is 1.28 bits per heavy atom. The maximum Gasteiger partial charge on any atom is 0.270 e. The van der Waals surface area contributed by atoms with Crippen LogP contribution >= 0.6 is 0 Å². The SMILES string of the molecule is CC1CCCCC1NC(=O)CCN1C(=O)C(C)(C)Oc2ccccc21. The molecule has 0 spiro atoms. The third-order valence-corrected chi connectivity index (χ3v) is 5.30. The Morgan fingerprint density at radius 2 is 2.00 bits per heavy atom. The van der Waals surface area contributed by atoms with Crippen LogP contribution in [0.1, 0.15) is 52.9 Å². The lowest BCUT2D eigenvalue weighted by atomic mass is 9.86. The monoisotopic (exact) mass is 344 g/mol. The summed E-state index contributed by atoms with van der Waals surface area (Å²) in [6.45, 7) is 6.11. The molecule has 1 aliphatic carbocycles. The van der Waals surface area contributed by atoms with E-state index >= 15 is 0 Å². The molecule has 0 aromatic heterocycles. The Morgan fingerprint density at radius 3 is 2.76 bits per heavy atom. The molecule has 3 rings (SSSR count). The number of fused-ring (bicyclic) bond motifs is 1. The average Bonchev–Trinajstić information content (AvgIpc) is 2.57. The summed E-state index contributed by atoms with van der Waals surface area (Å²) in [6, 6.07) is 7.76. The molecule has 1 N–H and O–H groups in total. The molecule has 1 fully saturated rings. The van der Waals surface area contributed by atoms with E-state index in [0.717, 1.165) is 12.1 Å². The number of hydrogen-bond acceptors (Lipinski definition) is 3. The lowest BCUT2D eigenvalue weighted by Crippen LogP contribution is -2.53. The Bertz CT molecular complexity index is 656. The molecule has 2 atom stereocenters. The molecule has 1 saturated carbocycles. The van der Waals surface area contributed by atoms with Crippen molar-refractivity contribution < 1.29 is 14.3 Å². The van der Waals surface area contributed by atoms with Gasteiger partial charge in [0.1, 0.15) is 5.75 Å². The number of hydrogen-bond donors (Lipinski definition) is 1. The van der Waals surface area contributed by atoms with Gasteiger partial charge in [-0.05, 0) is 44.7 Å². The minimum Gasteiger partial charge on any atom is -0.476 e. The summed E-state index contributed by atoms with van der Waals surface area (Å²) in [5.41, 5.74) is -0.173. The van der Waals surface area contributed by atoms with Crippen molar-refractivity contribution in [1.29, 1.82) is 0 Å². The first-order chi connectivity index (χ1) is 11.9. The number of carbonyl (C=O) groups is 2. The molecule has 5 heteroatoms. The molecular weight excluding hydrogens is 316 g/mol. The fraction of sp³-hybridized carbons (Fsp3) is 0.600. The van der Waals surface area contributed by atoms with Crippen LogP contribution < -0.4 is 15.0 Å². The molecular formula is C20H28N2O3. The van der Waals surface area contributed by atoms with E-state index in [2.05, 4.69) is 12.2 Å². The molecule has 2 unspecified atom stereocenters. The minimum absolute atomic E-state index is 0.0216. The Hall–Kier alpha value is -2.04.